The molecular weight excluding hydrogens is 825 g/mol. The molecule has 4 aromatic rings. The van der Waals surface area contributed by atoms with E-state index in [9.17, 15) is 9.59 Å². The van der Waals surface area contributed by atoms with Crippen LogP contribution in [0.25, 0.3) is 34.4 Å². The first-order chi connectivity index (χ1) is 23.5. The summed E-state index contributed by atoms with van der Waals surface area (Å²) in [7, 11) is 17.4. The predicted octanol–water partition coefficient (Wildman–Crippen LogP) is 10.8. The van der Waals surface area contributed by atoms with E-state index in [0.29, 0.717) is 12.8 Å². The van der Waals surface area contributed by atoms with Crippen molar-refractivity contribution < 1.29 is 25.5 Å². The van der Waals surface area contributed by atoms with Crippen LogP contribution in [0.2, 0.25) is 0 Å². The molecular formula is C42H46BCl2HfN2O2. The van der Waals surface area contributed by atoms with E-state index in [1.807, 2.05) is 0 Å². The molecule has 0 radical (unpaired) electrons. The van der Waals surface area contributed by atoms with E-state index in [4.69, 9.17) is 17.2 Å². The Hall–Kier alpha value is -3.18. The van der Waals surface area contributed by atoms with Gasteiger partial charge in [-0.3, -0.25) is 0 Å². The first-order valence-electron chi connectivity index (χ1n) is 17.3. The maximum absolute atomic E-state index is 12.5. The zero-order valence-electron chi connectivity index (χ0n) is 30.2. The second-order valence-corrected chi connectivity index (χ2v) is 46.5. The molecule has 257 valence electrons. The van der Waals surface area contributed by atoms with Gasteiger partial charge in [0.1, 0.15) is 0 Å². The third kappa shape index (κ3) is 5.89. The summed E-state index contributed by atoms with van der Waals surface area (Å²) in [6, 6.07) is 29.6. The topological polar surface area (TPSA) is 58.2 Å². The first-order valence-corrected chi connectivity index (χ1v) is 32.4. The van der Waals surface area contributed by atoms with Gasteiger partial charge in [0.05, 0.1) is 0 Å². The summed E-state index contributed by atoms with van der Waals surface area (Å²) in [5, 5.41) is 5.98. The number of rotatable bonds is 9. The van der Waals surface area contributed by atoms with Crippen molar-refractivity contribution in [3.8, 4) is 22.3 Å². The van der Waals surface area contributed by atoms with Crippen molar-refractivity contribution in [2.24, 2.45) is 10.8 Å². The number of aryl methyl sites for hydroxylation is 2. The van der Waals surface area contributed by atoms with Crippen LogP contribution in [-0.2, 0) is 25.5 Å². The molecule has 0 bridgehead atoms. The standard InChI is InChI=1S/2C20H21.C2H3BN2O2.2ClH.Hf/c2*1-14-8-5-6-10-17(14)18-11-7-9-15-12-16(13-19(15)18)20(2,3)4;6-1-4-3-5-2-7;;;/h2*5-13H,1-4H3;1-2H,(H-,4,5,6,7);2*1H;/q;;;;;+1/p-1. The Morgan fingerprint density at radius 1 is 0.580 bits per heavy atom. The van der Waals surface area contributed by atoms with E-state index in [0.717, 1.165) is 55.7 Å². The molecule has 0 fully saturated rings. The summed E-state index contributed by atoms with van der Waals surface area (Å²) in [6.45, 7) is 17.5. The Balaban J connectivity index is 1.74. The normalized spacial score (nSPS) is 17.8. The maximum atomic E-state index is 12.5. The van der Waals surface area contributed by atoms with Crippen LogP contribution in [0, 0.1) is 24.7 Å². The molecule has 2 atom stereocenters. The van der Waals surface area contributed by atoms with Gasteiger partial charge >= 0.3 is 308 Å². The molecule has 2 unspecified atom stereocenters. The SMILES string of the molecule is Cc1ccccc1-c1cccc2c1C=C(C(C)(C)C)[CH]2[Hf]([Cl])([Cl])([B](NC=O)NC=O)[CH]1C(C(C)(C)C)=Cc2c(-c3ccccc3C)cccc21. The van der Waals surface area contributed by atoms with E-state index >= 15 is 0 Å². The Morgan fingerprint density at radius 2 is 0.940 bits per heavy atom. The number of carbonyl (C=O) groups excluding carboxylic acids is 2. The van der Waals surface area contributed by atoms with Gasteiger partial charge in [-0.25, -0.2) is 0 Å². The summed E-state index contributed by atoms with van der Waals surface area (Å²) in [5.74, 6) is 0. The summed E-state index contributed by atoms with van der Waals surface area (Å²) in [4.78, 5) is 25.1. The van der Waals surface area contributed by atoms with Crippen molar-refractivity contribution in [2.45, 2.75) is 62.7 Å². The van der Waals surface area contributed by atoms with E-state index in [1.54, 1.807) is 0 Å². The Bertz CT molecular complexity index is 1930. The molecule has 6 rings (SSSR count). The Morgan fingerprint density at radius 3 is 1.28 bits per heavy atom. The Labute approximate surface area is 305 Å². The van der Waals surface area contributed by atoms with Gasteiger partial charge in [-0.1, -0.05) is 0 Å². The van der Waals surface area contributed by atoms with E-state index in [-0.39, 0.29) is 10.8 Å². The summed E-state index contributed by atoms with van der Waals surface area (Å²) < 4.78 is -1.86. The minimum absolute atomic E-state index is 0.350. The summed E-state index contributed by atoms with van der Waals surface area (Å²) >= 11 is -6.14. The number of benzene rings is 4. The minimum atomic E-state index is -6.14. The molecule has 4 aromatic carbocycles. The van der Waals surface area contributed by atoms with Crippen LogP contribution < -0.4 is 10.5 Å². The molecule has 2 amide bonds. The fourth-order valence-corrected chi connectivity index (χ4v) is 38.7. The molecule has 50 heavy (non-hydrogen) atoms. The zero-order chi connectivity index (χ0) is 36.2. The van der Waals surface area contributed by atoms with Crippen molar-refractivity contribution in [1.82, 2.24) is 10.5 Å². The van der Waals surface area contributed by atoms with E-state index in [1.165, 1.54) is 11.1 Å². The van der Waals surface area contributed by atoms with Gasteiger partial charge in [-0.2, -0.15) is 0 Å². The fourth-order valence-electron chi connectivity index (χ4n) is 8.51. The number of halogens is 2. The first kappa shape index (κ1) is 36.6. The molecule has 0 saturated heterocycles. The molecule has 0 heterocycles. The van der Waals surface area contributed by atoms with Crippen molar-refractivity contribution in [3.63, 3.8) is 0 Å². The number of allylic oxidation sites excluding steroid dienone is 2. The van der Waals surface area contributed by atoms with Crippen molar-refractivity contribution in [1.29, 1.82) is 0 Å². The monoisotopic (exact) mass is 871 g/mol. The predicted molar refractivity (Wildman–Crippen MR) is 209 cm³/mol. The number of amides is 2. The van der Waals surface area contributed by atoms with Gasteiger partial charge in [0.2, 0.25) is 0 Å². The second-order valence-electron chi connectivity index (χ2n) is 16.0. The molecule has 8 heteroatoms. The third-order valence-corrected chi connectivity index (χ3v) is 39.1. The van der Waals surface area contributed by atoms with Gasteiger partial charge in [-0.15, -0.1) is 0 Å². The molecule has 2 N–H and O–H groups in total. The number of hydrogen-bond donors (Lipinski definition) is 2. The van der Waals surface area contributed by atoms with Crippen molar-refractivity contribution in [2.75, 3.05) is 0 Å². The molecule has 0 aromatic heterocycles. The van der Waals surface area contributed by atoms with Crippen LogP contribution in [0.1, 0.15) is 82.3 Å². The molecule has 0 saturated carbocycles. The van der Waals surface area contributed by atoms with Gasteiger partial charge < -0.3 is 0 Å². The zero-order valence-corrected chi connectivity index (χ0v) is 35.3. The van der Waals surface area contributed by atoms with E-state index in [2.05, 4.69) is 163 Å². The van der Waals surface area contributed by atoms with E-state index < -0.39 is 27.8 Å². The second kappa shape index (κ2) is 13.1. The van der Waals surface area contributed by atoms with Gasteiger partial charge in [0, 0.05) is 0 Å². The van der Waals surface area contributed by atoms with Crippen LogP contribution in [0.4, 0.5) is 0 Å². The molecule has 4 nitrogen and oxygen atoms in total. The van der Waals surface area contributed by atoms with Crippen LogP contribution in [0.5, 0.6) is 0 Å². The van der Waals surface area contributed by atoms with Crippen LogP contribution in [0.3, 0.4) is 0 Å². The number of nitrogens with one attached hydrogen (secondary N) is 2. The van der Waals surface area contributed by atoms with Crippen molar-refractivity contribution >= 4 is 46.7 Å². The van der Waals surface area contributed by atoms with Crippen LogP contribution in [0.15, 0.2) is 96.1 Å². The Kier molecular flexibility index (Phi) is 9.59. The summed E-state index contributed by atoms with van der Waals surface area (Å²) in [5.41, 5.74) is 12.6. The quantitative estimate of drug-likeness (QED) is 0.130. The van der Waals surface area contributed by atoms with Gasteiger partial charge in [0.25, 0.3) is 0 Å². The fraction of sp³-hybridized carbons (Fsp3) is 0.286. The average Bonchev–Trinajstić information content (AvgIpc) is 3.67. The van der Waals surface area contributed by atoms with Crippen molar-refractivity contribution in [3.05, 3.63) is 129 Å². The number of carbonyl (C=O) groups is 2. The molecule has 0 spiro atoms. The van der Waals surface area contributed by atoms with Crippen LogP contribution in [-0.4, -0.2) is 17.4 Å². The molecule has 2 aliphatic rings. The van der Waals surface area contributed by atoms with Gasteiger partial charge in [0.15, 0.2) is 0 Å². The number of hydrogen-bond acceptors (Lipinski definition) is 2. The average molecular weight is 871 g/mol. The molecule has 0 aliphatic heterocycles. The number of fused-ring (bicyclic) bond motifs is 2. The van der Waals surface area contributed by atoms with Gasteiger partial charge in [-0.05, 0) is 0 Å². The third-order valence-electron chi connectivity index (χ3n) is 10.8. The summed E-state index contributed by atoms with van der Waals surface area (Å²) in [6.07, 6.45) is 5.84. The molecule has 2 aliphatic carbocycles. The van der Waals surface area contributed by atoms with Crippen LogP contribution >= 0.6 is 17.2 Å².